The van der Waals surface area contributed by atoms with Crippen molar-refractivity contribution in [3.05, 3.63) is 47.3 Å². The van der Waals surface area contributed by atoms with Crippen molar-refractivity contribution in [2.45, 2.75) is 38.1 Å². The number of carbonyl (C=O) groups is 1. The highest BCUT2D eigenvalue weighted by Gasteiger charge is 2.19. The van der Waals surface area contributed by atoms with Gasteiger partial charge in [0, 0.05) is 0 Å². The molecule has 0 spiro atoms. The number of hydrogen-bond donors (Lipinski definition) is 2. The van der Waals surface area contributed by atoms with E-state index in [9.17, 15) is 14.3 Å². The van der Waals surface area contributed by atoms with E-state index in [1.54, 1.807) is 0 Å². The molecule has 1 aliphatic carbocycles. The average molecular weight is 277 g/mol. The van der Waals surface area contributed by atoms with Crippen molar-refractivity contribution in [3.63, 3.8) is 0 Å². The first-order valence-electron chi connectivity index (χ1n) is 7.06. The largest absolute Gasteiger partial charge is 0.480 e. The quantitative estimate of drug-likeness (QED) is 0.783. The molecule has 0 saturated carbocycles. The number of carboxylic acids is 1. The number of rotatable bonds is 6. The summed E-state index contributed by atoms with van der Waals surface area (Å²) >= 11 is 0. The van der Waals surface area contributed by atoms with Gasteiger partial charge in [-0.25, -0.2) is 4.39 Å². The van der Waals surface area contributed by atoms with Gasteiger partial charge in [0.1, 0.15) is 11.9 Å². The first kappa shape index (κ1) is 14.7. The van der Waals surface area contributed by atoms with E-state index in [1.807, 2.05) is 0 Å². The highest BCUT2D eigenvalue weighted by atomic mass is 19.1. The summed E-state index contributed by atoms with van der Waals surface area (Å²) in [7, 11) is 0. The molecule has 0 bridgehead atoms. The Morgan fingerprint density at radius 2 is 2.05 bits per heavy atom. The third-order valence-corrected chi connectivity index (χ3v) is 3.63. The molecular formula is C16H20FNO2. The maximum atomic E-state index is 12.9. The van der Waals surface area contributed by atoms with E-state index in [2.05, 4.69) is 11.4 Å². The summed E-state index contributed by atoms with van der Waals surface area (Å²) in [5, 5.41) is 12.3. The minimum atomic E-state index is -0.936. The van der Waals surface area contributed by atoms with Gasteiger partial charge < -0.3 is 10.4 Å². The van der Waals surface area contributed by atoms with Crippen LogP contribution in [0.5, 0.6) is 0 Å². The third kappa shape index (κ3) is 4.17. The number of aliphatic carboxylic acids is 1. The number of nitrogens with one attached hydrogen (secondary N) is 1. The maximum Gasteiger partial charge on any atom is 0.325 e. The maximum absolute atomic E-state index is 12.9. The Labute approximate surface area is 118 Å². The molecule has 0 aliphatic heterocycles. The molecule has 1 aromatic rings. The van der Waals surface area contributed by atoms with Crippen LogP contribution in [0.2, 0.25) is 0 Å². The lowest BCUT2D eigenvalue weighted by Crippen LogP contribution is -2.29. The fraction of sp³-hybridized carbons (Fsp3) is 0.438. The molecule has 3 nitrogen and oxygen atoms in total. The number of allylic oxidation sites excluding steroid dienone is 1. The fourth-order valence-corrected chi connectivity index (χ4v) is 2.51. The predicted molar refractivity (Wildman–Crippen MR) is 75.9 cm³/mol. The lowest BCUT2D eigenvalue weighted by atomic mass is 9.97. The van der Waals surface area contributed by atoms with Crippen molar-refractivity contribution in [1.82, 2.24) is 5.32 Å². The smallest absolute Gasteiger partial charge is 0.325 e. The molecule has 0 fully saturated rings. The van der Waals surface area contributed by atoms with Crippen LogP contribution in [0.15, 0.2) is 35.9 Å². The Morgan fingerprint density at radius 3 is 2.65 bits per heavy atom. The Hall–Kier alpha value is -1.68. The van der Waals surface area contributed by atoms with Gasteiger partial charge in [0.25, 0.3) is 0 Å². The molecule has 1 unspecified atom stereocenters. The van der Waals surface area contributed by atoms with E-state index < -0.39 is 12.0 Å². The van der Waals surface area contributed by atoms with Crippen LogP contribution in [0, 0.1) is 5.82 Å². The van der Waals surface area contributed by atoms with Gasteiger partial charge in [-0.1, -0.05) is 23.8 Å². The van der Waals surface area contributed by atoms with Gasteiger partial charge in [-0.3, -0.25) is 4.79 Å². The standard InChI is InChI=1S/C16H20FNO2/c17-14-8-6-13(7-9-14)15(16(19)20)18-11-10-12-4-2-1-3-5-12/h4,6-9,15,18H,1-3,5,10-11H2,(H,19,20). The fourth-order valence-electron chi connectivity index (χ4n) is 2.51. The molecule has 0 amide bonds. The zero-order valence-corrected chi connectivity index (χ0v) is 11.4. The molecule has 1 aromatic carbocycles. The predicted octanol–water partition coefficient (Wildman–Crippen LogP) is 3.43. The van der Waals surface area contributed by atoms with Crippen molar-refractivity contribution in [2.24, 2.45) is 0 Å². The average Bonchev–Trinajstić information content (AvgIpc) is 2.46. The van der Waals surface area contributed by atoms with Crippen molar-refractivity contribution in [3.8, 4) is 0 Å². The monoisotopic (exact) mass is 277 g/mol. The van der Waals surface area contributed by atoms with Gasteiger partial charge in [0.2, 0.25) is 0 Å². The van der Waals surface area contributed by atoms with Crippen molar-refractivity contribution >= 4 is 5.97 Å². The first-order chi connectivity index (χ1) is 9.66. The first-order valence-corrected chi connectivity index (χ1v) is 7.06. The van der Waals surface area contributed by atoms with E-state index in [0.29, 0.717) is 12.1 Å². The van der Waals surface area contributed by atoms with Crippen molar-refractivity contribution < 1.29 is 14.3 Å². The Balaban J connectivity index is 1.91. The molecule has 0 heterocycles. The van der Waals surface area contributed by atoms with Crippen molar-refractivity contribution in [2.75, 3.05) is 6.54 Å². The van der Waals surface area contributed by atoms with E-state index in [0.717, 1.165) is 19.3 Å². The topological polar surface area (TPSA) is 49.3 Å². The van der Waals surface area contributed by atoms with Gasteiger partial charge >= 0.3 is 5.97 Å². The summed E-state index contributed by atoms with van der Waals surface area (Å²) in [6.07, 6.45) is 7.88. The molecule has 1 atom stereocenters. The van der Waals surface area contributed by atoms with Gasteiger partial charge in [0.05, 0.1) is 0 Å². The van der Waals surface area contributed by atoms with Crippen molar-refractivity contribution in [1.29, 1.82) is 0 Å². The summed E-state index contributed by atoms with van der Waals surface area (Å²) in [5.41, 5.74) is 1.99. The molecule has 4 heteroatoms. The van der Waals surface area contributed by atoms with Crippen LogP contribution >= 0.6 is 0 Å². The molecule has 0 saturated heterocycles. The van der Waals surface area contributed by atoms with Crippen LogP contribution < -0.4 is 5.32 Å². The molecule has 2 rings (SSSR count). The second-order valence-electron chi connectivity index (χ2n) is 5.14. The summed E-state index contributed by atoms with van der Waals surface area (Å²) < 4.78 is 12.9. The van der Waals surface area contributed by atoms with Gasteiger partial charge in [-0.2, -0.15) is 0 Å². The summed E-state index contributed by atoms with van der Waals surface area (Å²) in [4.78, 5) is 11.3. The second kappa shape index (κ2) is 7.20. The zero-order valence-electron chi connectivity index (χ0n) is 11.4. The second-order valence-corrected chi connectivity index (χ2v) is 5.14. The van der Waals surface area contributed by atoms with Crippen LogP contribution in [-0.4, -0.2) is 17.6 Å². The number of hydrogen-bond acceptors (Lipinski definition) is 2. The van der Waals surface area contributed by atoms with E-state index in [4.69, 9.17) is 0 Å². The van der Waals surface area contributed by atoms with E-state index >= 15 is 0 Å². The van der Waals surface area contributed by atoms with Crippen LogP contribution in [-0.2, 0) is 4.79 Å². The lowest BCUT2D eigenvalue weighted by Gasteiger charge is -2.17. The molecule has 20 heavy (non-hydrogen) atoms. The number of carboxylic acid groups (broad SMARTS) is 1. The van der Waals surface area contributed by atoms with Gasteiger partial charge in [0.15, 0.2) is 0 Å². The minimum Gasteiger partial charge on any atom is -0.480 e. The lowest BCUT2D eigenvalue weighted by molar-refractivity contribution is -0.139. The molecular weight excluding hydrogens is 257 g/mol. The minimum absolute atomic E-state index is 0.356. The highest BCUT2D eigenvalue weighted by Crippen LogP contribution is 2.20. The van der Waals surface area contributed by atoms with Crippen LogP contribution in [0.3, 0.4) is 0 Å². The third-order valence-electron chi connectivity index (χ3n) is 3.63. The molecule has 108 valence electrons. The van der Waals surface area contributed by atoms with Gasteiger partial charge in [-0.05, 0) is 56.3 Å². The molecule has 0 radical (unpaired) electrons. The Kier molecular flexibility index (Phi) is 5.30. The summed E-state index contributed by atoms with van der Waals surface area (Å²) in [5.74, 6) is -1.29. The number of halogens is 1. The van der Waals surface area contributed by atoms with Crippen LogP contribution in [0.4, 0.5) is 4.39 Å². The van der Waals surface area contributed by atoms with E-state index in [-0.39, 0.29) is 5.82 Å². The molecule has 2 N–H and O–H groups in total. The molecule has 1 aliphatic rings. The van der Waals surface area contributed by atoms with Crippen LogP contribution in [0.1, 0.15) is 43.7 Å². The van der Waals surface area contributed by atoms with E-state index in [1.165, 1.54) is 42.7 Å². The number of benzene rings is 1. The van der Waals surface area contributed by atoms with Crippen LogP contribution in [0.25, 0.3) is 0 Å². The highest BCUT2D eigenvalue weighted by molar-refractivity contribution is 5.75. The van der Waals surface area contributed by atoms with Gasteiger partial charge in [-0.15, -0.1) is 0 Å². The Morgan fingerprint density at radius 1 is 1.30 bits per heavy atom. The molecule has 0 aromatic heterocycles. The zero-order chi connectivity index (χ0) is 14.4. The Bertz CT molecular complexity index is 482. The summed E-state index contributed by atoms with van der Waals surface area (Å²) in [6.45, 7) is 0.625. The summed E-state index contributed by atoms with van der Waals surface area (Å²) in [6, 6.07) is 4.83. The normalized spacial score (nSPS) is 16.6. The SMILES string of the molecule is O=C(O)C(NCCC1=CCCCC1)c1ccc(F)cc1.